The largest absolute Gasteiger partial charge is 0.348 e. The maximum absolute atomic E-state index is 12.3. The highest BCUT2D eigenvalue weighted by Crippen LogP contribution is 2.21. The maximum Gasteiger partial charge on any atom is 0.237 e. The fraction of sp³-hybridized carbons (Fsp3) is 0.562. The summed E-state index contributed by atoms with van der Waals surface area (Å²) >= 11 is 5.88. The number of hydrogen-bond donors (Lipinski definition) is 2. The van der Waals surface area contributed by atoms with Gasteiger partial charge in [0.05, 0.1) is 12.1 Å². The Morgan fingerprint density at radius 1 is 1.45 bits per heavy atom. The van der Waals surface area contributed by atoms with Crippen molar-refractivity contribution >= 4 is 17.5 Å². The zero-order valence-corrected chi connectivity index (χ0v) is 12.9. The van der Waals surface area contributed by atoms with Gasteiger partial charge in [-0.15, -0.1) is 0 Å². The monoisotopic (exact) mass is 294 g/mol. The molecule has 0 aromatic heterocycles. The Morgan fingerprint density at radius 2 is 2.15 bits per heavy atom. The molecule has 0 radical (unpaired) electrons. The lowest BCUT2D eigenvalue weighted by atomic mass is 9.90. The van der Waals surface area contributed by atoms with Gasteiger partial charge < -0.3 is 10.6 Å². The first-order chi connectivity index (χ1) is 9.60. The van der Waals surface area contributed by atoms with E-state index >= 15 is 0 Å². The van der Waals surface area contributed by atoms with Crippen LogP contribution in [0.4, 0.5) is 0 Å². The van der Waals surface area contributed by atoms with E-state index in [-0.39, 0.29) is 18.0 Å². The van der Waals surface area contributed by atoms with Crippen LogP contribution < -0.4 is 10.6 Å². The van der Waals surface area contributed by atoms with Crippen molar-refractivity contribution < 1.29 is 4.79 Å². The van der Waals surface area contributed by atoms with Crippen LogP contribution in [0.1, 0.15) is 44.7 Å². The summed E-state index contributed by atoms with van der Waals surface area (Å²) in [5, 5.41) is 7.12. The number of rotatable bonds is 4. The molecule has 3 nitrogen and oxygen atoms in total. The molecule has 1 aliphatic heterocycles. The van der Waals surface area contributed by atoms with E-state index < -0.39 is 0 Å². The molecule has 3 atom stereocenters. The minimum absolute atomic E-state index is 0.00331. The van der Waals surface area contributed by atoms with Crippen LogP contribution in [-0.4, -0.2) is 18.5 Å². The Hall–Kier alpha value is -1.06. The number of hydrogen-bond acceptors (Lipinski definition) is 2. The average Bonchev–Trinajstić information content (AvgIpc) is 2.47. The predicted octanol–water partition coefficient (Wildman–Crippen LogP) is 3.30. The summed E-state index contributed by atoms with van der Waals surface area (Å²) < 4.78 is 0. The molecule has 1 fully saturated rings. The molecule has 1 saturated heterocycles. The van der Waals surface area contributed by atoms with E-state index in [0.717, 1.165) is 24.9 Å². The van der Waals surface area contributed by atoms with Crippen molar-refractivity contribution in [2.24, 2.45) is 5.92 Å². The molecule has 1 amide bonds. The van der Waals surface area contributed by atoms with Gasteiger partial charge in [0.15, 0.2) is 0 Å². The molecule has 1 aromatic carbocycles. The van der Waals surface area contributed by atoms with Crippen molar-refractivity contribution in [1.29, 1.82) is 0 Å². The first kappa shape index (κ1) is 15.3. The van der Waals surface area contributed by atoms with E-state index in [1.54, 1.807) is 0 Å². The molecule has 0 bridgehead atoms. The van der Waals surface area contributed by atoms with Crippen molar-refractivity contribution in [1.82, 2.24) is 10.6 Å². The lowest BCUT2D eigenvalue weighted by Gasteiger charge is -2.29. The third-order valence-corrected chi connectivity index (χ3v) is 4.39. The van der Waals surface area contributed by atoms with Crippen LogP contribution in [0.2, 0.25) is 5.02 Å². The standard InChI is InChI=1S/C16H23ClN2O/c1-3-12-8-9-18-15(10-12)16(20)19-11(2)13-4-6-14(17)7-5-13/h4-7,11-12,15,18H,3,8-10H2,1-2H3,(H,19,20)/t11-,12?,15?/m1/s1. The second kappa shape index (κ2) is 7.09. The lowest BCUT2D eigenvalue weighted by molar-refractivity contribution is -0.124. The van der Waals surface area contributed by atoms with Crippen molar-refractivity contribution in [2.75, 3.05) is 6.54 Å². The van der Waals surface area contributed by atoms with Crippen LogP contribution in [0.25, 0.3) is 0 Å². The van der Waals surface area contributed by atoms with Gasteiger partial charge in [0, 0.05) is 5.02 Å². The zero-order chi connectivity index (χ0) is 14.5. The summed E-state index contributed by atoms with van der Waals surface area (Å²) in [4.78, 5) is 12.3. The highest BCUT2D eigenvalue weighted by Gasteiger charge is 2.26. The highest BCUT2D eigenvalue weighted by molar-refractivity contribution is 6.30. The molecule has 0 aliphatic carbocycles. The summed E-state index contributed by atoms with van der Waals surface area (Å²) in [5.74, 6) is 0.767. The number of benzene rings is 1. The molecule has 2 rings (SSSR count). The normalized spacial score (nSPS) is 24.1. The summed E-state index contributed by atoms with van der Waals surface area (Å²) in [6.07, 6.45) is 3.26. The van der Waals surface area contributed by atoms with E-state index in [9.17, 15) is 4.79 Å². The Morgan fingerprint density at radius 3 is 2.80 bits per heavy atom. The van der Waals surface area contributed by atoms with Crippen LogP contribution >= 0.6 is 11.6 Å². The summed E-state index contributed by atoms with van der Waals surface area (Å²) in [6.45, 7) is 5.13. The average molecular weight is 295 g/mol. The smallest absolute Gasteiger partial charge is 0.237 e. The minimum Gasteiger partial charge on any atom is -0.348 e. The molecule has 1 aromatic rings. The zero-order valence-electron chi connectivity index (χ0n) is 12.2. The fourth-order valence-electron chi connectivity index (χ4n) is 2.72. The van der Waals surface area contributed by atoms with Gasteiger partial charge in [-0.2, -0.15) is 0 Å². The highest BCUT2D eigenvalue weighted by atomic mass is 35.5. The van der Waals surface area contributed by atoms with Crippen LogP contribution in [0, 0.1) is 5.92 Å². The Kier molecular flexibility index (Phi) is 5.44. The molecule has 1 heterocycles. The van der Waals surface area contributed by atoms with Crippen molar-refractivity contribution in [2.45, 2.75) is 45.2 Å². The number of piperidine rings is 1. The van der Waals surface area contributed by atoms with Gasteiger partial charge >= 0.3 is 0 Å². The number of amides is 1. The first-order valence-electron chi connectivity index (χ1n) is 7.39. The molecule has 0 saturated carbocycles. The SMILES string of the molecule is CCC1CCNC(C(=O)N[C@H](C)c2ccc(Cl)cc2)C1. The summed E-state index contributed by atoms with van der Waals surface area (Å²) in [5.41, 5.74) is 1.07. The number of halogens is 1. The number of carbonyl (C=O) groups excluding carboxylic acids is 1. The van der Waals surface area contributed by atoms with Gasteiger partial charge in [-0.3, -0.25) is 4.79 Å². The van der Waals surface area contributed by atoms with Crippen LogP contribution in [0.3, 0.4) is 0 Å². The van der Waals surface area contributed by atoms with Crippen molar-refractivity contribution in [3.63, 3.8) is 0 Å². The molecule has 2 N–H and O–H groups in total. The van der Waals surface area contributed by atoms with Crippen molar-refractivity contribution in [3.8, 4) is 0 Å². The van der Waals surface area contributed by atoms with Crippen LogP contribution in [0.15, 0.2) is 24.3 Å². The fourth-order valence-corrected chi connectivity index (χ4v) is 2.84. The van der Waals surface area contributed by atoms with E-state index in [0.29, 0.717) is 10.9 Å². The van der Waals surface area contributed by atoms with E-state index in [1.807, 2.05) is 31.2 Å². The molecule has 2 unspecified atom stereocenters. The summed E-state index contributed by atoms with van der Waals surface area (Å²) in [7, 11) is 0. The third kappa shape index (κ3) is 3.97. The molecule has 110 valence electrons. The van der Waals surface area contributed by atoms with E-state index in [1.165, 1.54) is 6.42 Å². The van der Waals surface area contributed by atoms with Crippen LogP contribution in [0.5, 0.6) is 0 Å². The Labute approximate surface area is 126 Å². The maximum atomic E-state index is 12.3. The molecular formula is C16H23ClN2O. The molecular weight excluding hydrogens is 272 g/mol. The van der Waals surface area contributed by atoms with Gasteiger partial charge in [0.2, 0.25) is 5.91 Å². The molecule has 1 aliphatic rings. The lowest BCUT2D eigenvalue weighted by Crippen LogP contribution is -2.49. The first-order valence-corrected chi connectivity index (χ1v) is 7.77. The van der Waals surface area contributed by atoms with Gasteiger partial charge in [0.1, 0.15) is 0 Å². The minimum atomic E-state index is -0.0524. The van der Waals surface area contributed by atoms with Gasteiger partial charge in [-0.05, 0) is 49.9 Å². The van der Waals surface area contributed by atoms with E-state index in [4.69, 9.17) is 11.6 Å². The van der Waals surface area contributed by atoms with Crippen molar-refractivity contribution in [3.05, 3.63) is 34.9 Å². The van der Waals surface area contributed by atoms with E-state index in [2.05, 4.69) is 17.6 Å². The summed E-state index contributed by atoms with van der Waals surface area (Å²) in [6, 6.07) is 7.57. The third-order valence-electron chi connectivity index (χ3n) is 4.13. The van der Waals surface area contributed by atoms with Crippen LogP contribution in [-0.2, 0) is 4.79 Å². The second-order valence-electron chi connectivity index (χ2n) is 5.59. The Bertz CT molecular complexity index is 446. The molecule has 0 spiro atoms. The van der Waals surface area contributed by atoms with Gasteiger partial charge in [-0.1, -0.05) is 37.1 Å². The predicted molar refractivity (Wildman–Crippen MR) is 82.8 cm³/mol. The van der Waals surface area contributed by atoms with Gasteiger partial charge in [0.25, 0.3) is 0 Å². The molecule has 4 heteroatoms. The quantitative estimate of drug-likeness (QED) is 0.894. The topological polar surface area (TPSA) is 41.1 Å². The number of nitrogens with one attached hydrogen (secondary N) is 2. The van der Waals surface area contributed by atoms with Gasteiger partial charge in [-0.25, -0.2) is 0 Å². The molecule has 20 heavy (non-hydrogen) atoms. The Balaban J connectivity index is 1.91. The number of carbonyl (C=O) groups is 1. The second-order valence-corrected chi connectivity index (χ2v) is 6.02.